The SMILES string of the molecule is CC/C=C\C/C=C\C/C=C\C/C=C\C/C=C\C/C=C\CCC(=O)NCCNP(OCC1CC(F)(F)C(n2ccc(C)nc2=O)O1)Oc1ccc(F)cc1. The third kappa shape index (κ3) is 18.0. The van der Waals surface area contributed by atoms with Gasteiger partial charge in [0.2, 0.25) is 12.1 Å². The Morgan fingerprint density at radius 3 is 2.09 bits per heavy atom. The first-order valence-corrected chi connectivity index (χ1v) is 19.2. The van der Waals surface area contributed by atoms with Gasteiger partial charge in [-0.3, -0.25) is 9.36 Å². The van der Waals surface area contributed by atoms with Crippen molar-refractivity contribution in [1.29, 1.82) is 0 Å². The molecule has 53 heavy (non-hydrogen) atoms. The fraction of sp³-hybridized carbons (Fsp3) is 0.425. The maximum atomic E-state index is 14.8. The summed E-state index contributed by atoms with van der Waals surface area (Å²) in [5.41, 5.74) is -0.428. The van der Waals surface area contributed by atoms with Crippen LogP contribution in [0.25, 0.3) is 0 Å². The lowest BCUT2D eigenvalue weighted by molar-refractivity contribution is -0.121. The van der Waals surface area contributed by atoms with E-state index in [0.717, 1.165) is 43.1 Å². The molecule has 1 amide bonds. The first kappa shape index (κ1) is 43.3. The number of alkyl halides is 2. The quantitative estimate of drug-likeness (QED) is 0.0626. The summed E-state index contributed by atoms with van der Waals surface area (Å²) in [5.74, 6) is -3.60. The van der Waals surface area contributed by atoms with Crippen LogP contribution in [0.15, 0.2) is 114 Å². The molecule has 0 aliphatic carbocycles. The fourth-order valence-electron chi connectivity index (χ4n) is 4.92. The van der Waals surface area contributed by atoms with Crippen molar-refractivity contribution < 1.29 is 31.8 Å². The van der Waals surface area contributed by atoms with Gasteiger partial charge in [0.05, 0.1) is 12.7 Å². The van der Waals surface area contributed by atoms with Crippen LogP contribution in [-0.2, 0) is 14.1 Å². The zero-order valence-corrected chi connectivity index (χ0v) is 31.4. The Hall–Kier alpha value is -4.09. The second-order valence-corrected chi connectivity index (χ2v) is 13.4. The molecule has 1 aliphatic rings. The van der Waals surface area contributed by atoms with Gasteiger partial charge in [-0.15, -0.1) is 0 Å². The minimum atomic E-state index is -3.34. The van der Waals surface area contributed by atoms with Gasteiger partial charge in [-0.05, 0) is 82.2 Å². The molecule has 2 heterocycles. The number of halogens is 3. The van der Waals surface area contributed by atoms with Crippen LogP contribution in [-0.4, -0.2) is 47.2 Å². The van der Waals surface area contributed by atoms with Gasteiger partial charge < -0.3 is 19.1 Å². The van der Waals surface area contributed by atoms with Gasteiger partial charge in [0.15, 0.2) is 0 Å². The van der Waals surface area contributed by atoms with Gasteiger partial charge in [-0.1, -0.05) is 79.8 Å². The molecule has 0 radical (unpaired) electrons. The second-order valence-electron chi connectivity index (χ2n) is 12.1. The largest absolute Gasteiger partial charge is 0.436 e. The average molecular weight is 757 g/mol. The average Bonchev–Trinajstić information content (AvgIpc) is 3.44. The summed E-state index contributed by atoms with van der Waals surface area (Å²) >= 11 is 0. The molecule has 3 rings (SSSR count). The minimum Gasteiger partial charge on any atom is -0.436 e. The zero-order chi connectivity index (χ0) is 38.2. The highest BCUT2D eigenvalue weighted by atomic mass is 31.2. The van der Waals surface area contributed by atoms with E-state index in [1.54, 1.807) is 6.92 Å². The molecule has 0 bridgehead atoms. The molecule has 1 fully saturated rings. The molecule has 2 N–H and O–H groups in total. The van der Waals surface area contributed by atoms with E-state index in [9.17, 15) is 22.8 Å². The van der Waals surface area contributed by atoms with Crippen molar-refractivity contribution in [3.63, 3.8) is 0 Å². The number of nitrogens with one attached hydrogen (secondary N) is 2. The van der Waals surface area contributed by atoms with Gasteiger partial charge >= 0.3 is 14.2 Å². The molecule has 0 saturated carbocycles. The van der Waals surface area contributed by atoms with Crippen LogP contribution in [0.3, 0.4) is 0 Å². The number of ether oxygens (including phenoxy) is 1. The number of nitrogens with zero attached hydrogens (tertiary/aromatic N) is 2. The predicted molar refractivity (Wildman–Crippen MR) is 205 cm³/mol. The van der Waals surface area contributed by atoms with Gasteiger partial charge in [0.1, 0.15) is 11.6 Å². The number of rotatable bonds is 24. The third-order valence-electron chi connectivity index (χ3n) is 7.61. The van der Waals surface area contributed by atoms with E-state index in [-0.39, 0.29) is 25.6 Å². The number of hydrogen-bond acceptors (Lipinski definition) is 7. The molecule has 1 aliphatic heterocycles. The predicted octanol–water partition coefficient (Wildman–Crippen LogP) is 9.12. The first-order chi connectivity index (χ1) is 25.7. The molecule has 9 nitrogen and oxygen atoms in total. The topological polar surface area (TPSA) is 104 Å². The number of benzene rings is 1. The van der Waals surface area contributed by atoms with Crippen LogP contribution in [0, 0.1) is 12.7 Å². The van der Waals surface area contributed by atoms with Gasteiger partial charge in [-0.25, -0.2) is 23.1 Å². The minimum absolute atomic E-state index is 0.121. The summed E-state index contributed by atoms with van der Waals surface area (Å²) in [6.07, 6.45) is 29.9. The molecular formula is C40H52F3N4O5P. The zero-order valence-electron chi connectivity index (χ0n) is 30.5. The van der Waals surface area contributed by atoms with E-state index in [0.29, 0.717) is 24.3 Å². The molecule has 2 aromatic rings. The summed E-state index contributed by atoms with van der Waals surface area (Å²) in [6, 6.07) is 6.73. The molecule has 3 unspecified atom stereocenters. The van der Waals surface area contributed by atoms with E-state index < -0.39 is 44.7 Å². The van der Waals surface area contributed by atoms with E-state index in [1.165, 1.54) is 36.5 Å². The van der Waals surface area contributed by atoms with Gasteiger partial charge in [-0.2, -0.15) is 4.98 Å². The molecule has 1 saturated heterocycles. The van der Waals surface area contributed by atoms with Crippen LogP contribution < -0.4 is 20.6 Å². The highest BCUT2D eigenvalue weighted by Crippen LogP contribution is 2.43. The molecule has 1 aromatic carbocycles. The summed E-state index contributed by atoms with van der Waals surface area (Å²) < 4.78 is 61.0. The normalized spacial score (nSPS) is 18.1. The third-order valence-corrected chi connectivity index (χ3v) is 8.85. The molecule has 13 heteroatoms. The lowest BCUT2D eigenvalue weighted by Gasteiger charge is -2.21. The lowest BCUT2D eigenvalue weighted by Crippen LogP contribution is -2.35. The number of hydrogen-bond donors (Lipinski definition) is 2. The van der Waals surface area contributed by atoms with Crippen molar-refractivity contribution in [3.8, 4) is 5.75 Å². The van der Waals surface area contributed by atoms with Crippen molar-refractivity contribution in [1.82, 2.24) is 20.0 Å². The Kier molecular flexibility index (Phi) is 20.5. The standard InChI is InChI=1S/C40H52F3N4O5P/c1-3-4-5-6-7-8-9-10-11-12-13-14-15-16-17-18-19-20-21-22-37(48)44-28-29-45-53(52-35-25-23-34(41)24-26-35)50-32-36-31-40(42,43)38(51-36)47-30-27-33(2)46-39(47)49/h4-5,7-8,10-11,13-14,16-17,19-20,23-27,30,36,38,45H,3,6,9,12,15,18,21-22,28-29,31-32H2,1-2H3,(H,44,48)/b5-4-,8-7-,11-10-,14-13-,17-16-,20-19-. The molecular weight excluding hydrogens is 704 g/mol. The Labute approximate surface area is 312 Å². The Morgan fingerprint density at radius 2 is 1.51 bits per heavy atom. The number of allylic oxidation sites excluding steroid dienone is 12. The van der Waals surface area contributed by atoms with Crippen LogP contribution in [0.1, 0.15) is 76.6 Å². The number of amides is 1. The smallest absolute Gasteiger partial charge is 0.350 e. The van der Waals surface area contributed by atoms with E-state index in [1.807, 2.05) is 12.2 Å². The van der Waals surface area contributed by atoms with E-state index >= 15 is 0 Å². The highest BCUT2D eigenvalue weighted by Gasteiger charge is 2.52. The maximum absolute atomic E-state index is 14.8. The molecule has 3 atom stereocenters. The summed E-state index contributed by atoms with van der Waals surface area (Å²) in [4.78, 5) is 28.3. The lowest BCUT2D eigenvalue weighted by atomic mass is 10.2. The monoisotopic (exact) mass is 756 g/mol. The summed E-state index contributed by atoms with van der Waals surface area (Å²) in [7, 11) is -1.89. The first-order valence-electron chi connectivity index (χ1n) is 18.0. The Balaban J connectivity index is 1.31. The van der Waals surface area contributed by atoms with Crippen LogP contribution in [0.4, 0.5) is 13.2 Å². The van der Waals surface area contributed by atoms with E-state index in [4.69, 9.17) is 13.8 Å². The van der Waals surface area contributed by atoms with Gasteiger partial charge in [0, 0.05) is 37.8 Å². The van der Waals surface area contributed by atoms with Crippen LogP contribution in [0.5, 0.6) is 5.75 Å². The summed E-state index contributed by atoms with van der Waals surface area (Å²) in [5, 5.41) is 5.87. The highest BCUT2D eigenvalue weighted by molar-refractivity contribution is 7.45. The maximum Gasteiger partial charge on any atom is 0.350 e. The molecule has 1 aromatic heterocycles. The van der Waals surface area contributed by atoms with Gasteiger partial charge in [0.25, 0.3) is 5.92 Å². The van der Waals surface area contributed by atoms with Crippen molar-refractivity contribution in [3.05, 3.63) is 131 Å². The van der Waals surface area contributed by atoms with Crippen molar-refractivity contribution >= 4 is 14.4 Å². The number of carbonyl (C=O) groups is 1. The molecule has 0 spiro atoms. The number of carbonyl (C=O) groups excluding carboxylic acids is 1. The second kappa shape index (κ2) is 25.0. The number of aromatic nitrogens is 2. The van der Waals surface area contributed by atoms with Crippen molar-refractivity contribution in [2.45, 2.75) is 89.9 Å². The Morgan fingerprint density at radius 1 is 0.925 bits per heavy atom. The van der Waals surface area contributed by atoms with Crippen molar-refractivity contribution in [2.75, 3.05) is 19.7 Å². The summed E-state index contributed by atoms with van der Waals surface area (Å²) in [6.45, 7) is 3.98. The fourth-order valence-corrected chi connectivity index (χ4v) is 6.03. The van der Waals surface area contributed by atoms with Crippen LogP contribution >= 0.6 is 8.53 Å². The van der Waals surface area contributed by atoms with Crippen molar-refractivity contribution in [2.24, 2.45) is 0 Å². The number of aryl methyl sites for hydroxylation is 1. The Bertz CT molecular complexity index is 1610. The van der Waals surface area contributed by atoms with Crippen LogP contribution in [0.2, 0.25) is 0 Å². The van der Waals surface area contributed by atoms with E-state index in [2.05, 4.69) is 83.1 Å². The molecule has 288 valence electrons.